The Morgan fingerprint density at radius 2 is 1.96 bits per heavy atom. The molecule has 2 aromatic rings. The molecule has 1 aliphatic heterocycles. The summed E-state index contributed by atoms with van der Waals surface area (Å²) >= 11 is 0. The second-order valence-electron chi connectivity index (χ2n) is 7.45. The monoisotopic (exact) mass is 352 g/mol. The van der Waals surface area contributed by atoms with Crippen LogP contribution in [0.5, 0.6) is 5.75 Å². The minimum atomic E-state index is 0.272. The zero-order chi connectivity index (χ0) is 18.4. The van der Waals surface area contributed by atoms with Crippen molar-refractivity contribution < 1.29 is 4.74 Å². The topological polar surface area (TPSA) is 38.5 Å². The maximum Gasteiger partial charge on any atom is 0.122 e. The fourth-order valence-electron chi connectivity index (χ4n) is 4.24. The zero-order valence-corrected chi connectivity index (χ0v) is 16.2. The van der Waals surface area contributed by atoms with E-state index in [9.17, 15) is 0 Å². The van der Waals surface area contributed by atoms with Gasteiger partial charge in [0.15, 0.2) is 0 Å². The second kappa shape index (κ2) is 9.20. The highest BCUT2D eigenvalue weighted by molar-refractivity contribution is 5.38. The number of nitrogens with zero attached hydrogens (tertiary/aromatic N) is 1. The Kier molecular flexibility index (Phi) is 6.70. The molecule has 0 unspecified atom stereocenters. The first-order valence-electron chi connectivity index (χ1n) is 9.95. The molecule has 2 N–H and O–H groups in total. The van der Waals surface area contributed by atoms with Crippen LogP contribution in [0.3, 0.4) is 0 Å². The van der Waals surface area contributed by atoms with Gasteiger partial charge in [0.25, 0.3) is 0 Å². The van der Waals surface area contributed by atoms with E-state index in [4.69, 9.17) is 10.6 Å². The molecule has 26 heavy (non-hydrogen) atoms. The first kappa shape index (κ1) is 18.9. The molecule has 0 bridgehead atoms. The molecule has 2 aromatic carbocycles. The summed E-state index contributed by atoms with van der Waals surface area (Å²) in [6, 6.07) is 17.7. The molecule has 140 valence electrons. The van der Waals surface area contributed by atoms with Gasteiger partial charge in [0.2, 0.25) is 0 Å². The minimum absolute atomic E-state index is 0.272. The molecule has 3 rings (SSSR count). The van der Waals surface area contributed by atoms with Crippen LogP contribution in [0.2, 0.25) is 0 Å². The van der Waals surface area contributed by atoms with Crippen LogP contribution in [0.25, 0.3) is 0 Å². The van der Waals surface area contributed by atoms with Crippen molar-refractivity contribution in [2.45, 2.75) is 51.5 Å². The number of rotatable bonds is 7. The van der Waals surface area contributed by atoms with Crippen molar-refractivity contribution in [1.29, 1.82) is 0 Å². The van der Waals surface area contributed by atoms with Gasteiger partial charge in [-0.3, -0.25) is 5.84 Å². The van der Waals surface area contributed by atoms with Crippen molar-refractivity contribution in [1.82, 2.24) is 5.01 Å². The number of nitrogens with two attached hydrogens (primary N) is 1. The van der Waals surface area contributed by atoms with Crippen molar-refractivity contribution in [2.24, 2.45) is 11.8 Å². The van der Waals surface area contributed by atoms with Gasteiger partial charge in [-0.25, -0.2) is 5.01 Å². The third-order valence-electron chi connectivity index (χ3n) is 5.58. The Balaban J connectivity index is 1.85. The van der Waals surface area contributed by atoms with Gasteiger partial charge in [0, 0.05) is 6.54 Å². The third kappa shape index (κ3) is 4.46. The van der Waals surface area contributed by atoms with Crippen LogP contribution >= 0.6 is 0 Å². The van der Waals surface area contributed by atoms with Crippen LogP contribution in [-0.2, 0) is 12.8 Å². The molecule has 1 saturated heterocycles. The number of hydrogen-bond donors (Lipinski definition) is 1. The van der Waals surface area contributed by atoms with Crippen LogP contribution in [0.1, 0.15) is 55.3 Å². The number of unbranched alkanes of at least 4 members (excludes halogenated alkanes) is 1. The fourth-order valence-corrected chi connectivity index (χ4v) is 4.24. The molecule has 0 spiro atoms. The smallest absolute Gasteiger partial charge is 0.122 e. The van der Waals surface area contributed by atoms with Gasteiger partial charge in [0.05, 0.1) is 13.2 Å². The molecule has 3 heteroatoms. The molecule has 0 aromatic heterocycles. The number of hydrazine groups is 1. The Bertz CT molecular complexity index is 686. The summed E-state index contributed by atoms with van der Waals surface area (Å²) in [5.41, 5.74) is 4.06. The van der Waals surface area contributed by atoms with Crippen LogP contribution < -0.4 is 10.6 Å². The number of aryl methyl sites for hydroxylation is 1. The van der Waals surface area contributed by atoms with E-state index in [1.54, 1.807) is 7.11 Å². The number of piperidine rings is 1. The third-order valence-corrected chi connectivity index (χ3v) is 5.58. The molecule has 1 aliphatic rings. The van der Waals surface area contributed by atoms with Gasteiger partial charge >= 0.3 is 0 Å². The van der Waals surface area contributed by atoms with Crippen LogP contribution in [0.4, 0.5) is 0 Å². The maximum atomic E-state index is 6.42. The largest absolute Gasteiger partial charge is 0.496 e. The molecule has 2 atom stereocenters. The first-order valence-corrected chi connectivity index (χ1v) is 9.95. The number of methoxy groups -OCH3 is 1. The molecule has 3 nitrogen and oxygen atoms in total. The van der Waals surface area contributed by atoms with Gasteiger partial charge in [-0.05, 0) is 60.8 Å². The van der Waals surface area contributed by atoms with Gasteiger partial charge in [-0.2, -0.15) is 0 Å². The molecular weight excluding hydrogens is 320 g/mol. The average Bonchev–Trinajstić information content (AvgIpc) is 2.67. The predicted molar refractivity (Wildman–Crippen MR) is 108 cm³/mol. The Morgan fingerprint density at radius 3 is 2.69 bits per heavy atom. The minimum Gasteiger partial charge on any atom is -0.496 e. The van der Waals surface area contributed by atoms with Crippen LogP contribution in [0, 0.1) is 5.92 Å². The Hall–Kier alpha value is -1.84. The highest BCUT2D eigenvalue weighted by Crippen LogP contribution is 2.38. The highest BCUT2D eigenvalue weighted by atomic mass is 16.5. The molecule has 0 saturated carbocycles. The molecule has 0 amide bonds. The summed E-state index contributed by atoms with van der Waals surface area (Å²) in [4.78, 5) is 0. The summed E-state index contributed by atoms with van der Waals surface area (Å²) in [5, 5.41) is 2.04. The number of benzene rings is 2. The lowest BCUT2D eigenvalue weighted by Gasteiger charge is -2.39. The average molecular weight is 353 g/mol. The van der Waals surface area contributed by atoms with Crippen molar-refractivity contribution in [3.05, 3.63) is 65.2 Å². The summed E-state index contributed by atoms with van der Waals surface area (Å²) < 4.78 is 5.67. The molecule has 1 heterocycles. The molecule has 1 fully saturated rings. The fraction of sp³-hybridized carbons (Fsp3) is 0.478. The van der Waals surface area contributed by atoms with Crippen molar-refractivity contribution in [2.75, 3.05) is 13.7 Å². The number of hydrogen-bond acceptors (Lipinski definition) is 3. The maximum absolute atomic E-state index is 6.42. The van der Waals surface area contributed by atoms with Gasteiger partial charge in [-0.15, -0.1) is 0 Å². The summed E-state index contributed by atoms with van der Waals surface area (Å²) in [7, 11) is 1.77. The Morgan fingerprint density at radius 1 is 1.15 bits per heavy atom. The van der Waals surface area contributed by atoms with Crippen molar-refractivity contribution >= 4 is 0 Å². The van der Waals surface area contributed by atoms with E-state index in [0.29, 0.717) is 5.92 Å². The molecule has 0 radical (unpaired) electrons. The number of ether oxygens (including phenoxy) is 1. The summed E-state index contributed by atoms with van der Waals surface area (Å²) in [5.74, 6) is 7.94. The van der Waals surface area contributed by atoms with E-state index in [1.807, 2.05) is 5.01 Å². The second-order valence-corrected chi connectivity index (χ2v) is 7.45. The summed E-state index contributed by atoms with van der Waals surface area (Å²) in [6.45, 7) is 3.20. The standard InChI is InChI=1S/C23H32N2O/c1-3-4-9-18-13-14-22(26-2)21(16-18)17-20-12-8-15-25(24)23(20)19-10-6-5-7-11-19/h5-7,10-11,13-14,16,20,23H,3-4,8-9,12,15,17,24H2,1-2H3/t20-,23+/m0/s1. The normalized spacial score (nSPS) is 20.9. The molecular formula is C23H32N2O. The first-order chi connectivity index (χ1) is 12.7. The lowest BCUT2D eigenvalue weighted by atomic mass is 9.81. The quantitative estimate of drug-likeness (QED) is 0.720. The van der Waals surface area contributed by atoms with Gasteiger partial charge in [0.1, 0.15) is 5.75 Å². The van der Waals surface area contributed by atoms with Gasteiger partial charge < -0.3 is 4.74 Å². The van der Waals surface area contributed by atoms with E-state index >= 15 is 0 Å². The Labute approximate surface area is 158 Å². The van der Waals surface area contributed by atoms with E-state index in [1.165, 1.54) is 36.0 Å². The van der Waals surface area contributed by atoms with Crippen LogP contribution in [0.15, 0.2) is 48.5 Å². The van der Waals surface area contributed by atoms with E-state index in [2.05, 4.69) is 55.5 Å². The highest BCUT2D eigenvalue weighted by Gasteiger charge is 2.31. The van der Waals surface area contributed by atoms with Gasteiger partial charge in [-0.1, -0.05) is 55.8 Å². The zero-order valence-electron chi connectivity index (χ0n) is 16.2. The van der Waals surface area contributed by atoms with E-state index < -0.39 is 0 Å². The predicted octanol–water partition coefficient (Wildman–Crippen LogP) is 4.91. The summed E-state index contributed by atoms with van der Waals surface area (Å²) in [6.07, 6.45) is 6.97. The lowest BCUT2D eigenvalue weighted by Crippen LogP contribution is -2.44. The molecule has 0 aliphatic carbocycles. The SMILES string of the molecule is CCCCc1ccc(OC)c(C[C@@H]2CCCN(N)[C@@H]2c2ccccc2)c1. The van der Waals surface area contributed by atoms with Crippen LogP contribution in [-0.4, -0.2) is 18.7 Å². The van der Waals surface area contributed by atoms with Crippen molar-refractivity contribution in [3.63, 3.8) is 0 Å². The van der Waals surface area contributed by atoms with Crippen molar-refractivity contribution in [3.8, 4) is 5.75 Å². The lowest BCUT2D eigenvalue weighted by molar-refractivity contribution is 0.0923. The van der Waals surface area contributed by atoms with E-state index in [-0.39, 0.29) is 6.04 Å². The van der Waals surface area contributed by atoms with E-state index in [0.717, 1.165) is 31.6 Å².